The van der Waals surface area contributed by atoms with E-state index < -0.39 is 12.0 Å². The number of ether oxygens (including phenoxy) is 1. The Hall–Kier alpha value is -1.16. The minimum Gasteiger partial charge on any atom is -0.496 e. The first-order valence-corrected chi connectivity index (χ1v) is 6.41. The van der Waals surface area contributed by atoms with Crippen LogP contribution >= 0.6 is 0 Å². The van der Waals surface area contributed by atoms with E-state index in [0.717, 1.165) is 19.3 Å². The molecule has 1 fully saturated rings. The van der Waals surface area contributed by atoms with Crippen LogP contribution in [0.4, 0.5) is 8.78 Å². The van der Waals surface area contributed by atoms with E-state index in [1.54, 1.807) is 18.2 Å². The molecule has 1 atom stereocenters. The van der Waals surface area contributed by atoms with Gasteiger partial charge in [0.05, 0.1) is 18.7 Å². The molecule has 0 radical (unpaired) electrons. The fourth-order valence-corrected chi connectivity index (χ4v) is 2.45. The number of hydrogen-bond acceptors (Lipinski definition) is 2. The highest BCUT2D eigenvalue weighted by atomic mass is 19.3. The Morgan fingerprint density at radius 1 is 1.22 bits per heavy atom. The number of benzene rings is 1. The van der Waals surface area contributed by atoms with Crippen LogP contribution < -0.4 is 10.1 Å². The molecule has 4 heteroatoms. The maximum atomic E-state index is 14.5. The summed E-state index contributed by atoms with van der Waals surface area (Å²) in [6.45, 7) is 0.662. The Bertz CT molecular complexity index is 387. The van der Waals surface area contributed by atoms with Gasteiger partial charge in [-0.2, -0.15) is 8.78 Å². The Morgan fingerprint density at radius 3 is 2.78 bits per heavy atom. The molecule has 1 saturated heterocycles. The SMILES string of the molecule is COc1ccccc1C(F)(F)C1CCCCCN1. The quantitative estimate of drug-likeness (QED) is 0.894. The molecule has 1 unspecified atom stereocenters. The van der Waals surface area contributed by atoms with Gasteiger partial charge in [0, 0.05) is 0 Å². The average Bonchev–Trinajstić information content (AvgIpc) is 2.68. The molecular formula is C14H19F2NO. The summed E-state index contributed by atoms with van der Waals surface area (Å²) in [6.07, 6.45) is 3.34. The maximum absolute atomic E-state index is 14.5. The standard InChI is InChI=1S/C14H19F2NO/c1-18-12-8-5-4-7-11(12)14(15,16)13-9-3-2-6-10-17-13/h4-5,7-8,13,17H,2-3,6,9-10H2,1H3. The summed E-state index contributed by atoms with van der Waals surface area (Å²) in [6, 6.07) is 5.57. The predicted molar refractivity (Wildman–Crippen MR) is 67.1 cm³/mol. The molecular weight excluding hydrogens is 236 g/mol. The van der Waals surface area contributed by atoms with Crippen molar-refractivity contribution in [2.75, 3.05) is 13.7 Å². The van der Waals surface area contributed by atoms with Gasteiger partial charge in [-0.1, -0.05) is 25.0 Å². The van der Waals surface area contributed by atoms with Crippen LogP contribution in [0.2, 0.25) is 0 Å². The van der Waals surface area contributed by atoms with Crippen molar-refractivity contribution in [2.24, 2.45) is 0 Å². The van der Waals surface area contributed by atoms with Crippen molar-refractivity contribution in [1.29, 1.82) is 0 Å². The lowest BCUT2D eigenvalue weighted by atomic mass is 9.96. The second kappa shape index (κ2) is 5.65. The molecule has 2 rings (SSSR count). The normalized spacial score (nSPS) is 21.4. The van der Waals surface area contributed by atoms with Crippen LogP contribution in [-0.4, -0.2) is 19.7 Å². The molecule has 2 nitrogen and oxygen atoms in total. The molecule has 1 aromatic rings. The van der Waals surface area contributed by atoms with Crippen LogP contribution in [-0.2, 0) is 5.92 Å². The molecule has 1 heterocycles. The van der Waals surface area contributed by atoms with Gasteiger partial charge < -0.3 is 10.1 Å². The fourth-order valence-electron chi connectivity index (χ4n) is 2.45. The molecule has 0 aromatic heterocycles. The zero-order valence-corrected chi connectivity index (χ0v) is 10.6. The third-order valence-electron chi connectivity index (χ3n) is 3.46. The molecule has 0 amide bonds. The second-order valence-corrected chi connectivity index (χ2v) is 4.68. The average molecular weight is 255 g/mol. The molecule has 0 saturated carbocycles. The summed E-state index contributed by atoms with van der Waals surface area (Å²) in [5.74, 6) is -2.63. The Labute approximate surface area is 106 Å². The number of rotatable bonds is 3. The summed E-state index contributed by atoms with van der Waals surface area (Å²) in [5, 5.41) is 2.97. The van der Waals surface area contributed by atoms with Crippen LogP contribution in [0.25, 0.3) is 0 Å². The Kier molecular flexibility index (Phi) is 4.17. The summed E-state index contributed by atoms with van der Waals surface area (Å²) < 4.78 is 34.1. The van der Waals surface area contributed by atoms with Crippen molar-refractivity contribution in [3.05, 3.63) is 29.8 Å². The number of alkyl halides is 2. The number of nitrogens with one attached hydrogen (secondary N) is 1. The number of hydrogen-bond donors (Lipinski definition) is 1. The number of halogens is 2. The van der Waals surface area contributed by atoms with E-state index >= 15 is 0 Å². The molecule has 18 heavy (non-hydrogen) atoms. The van der Waals surface area contributed by atoms with Gasteiger partial charge in [-0.15, -0.1) is 0 Å². The van der Waals surface area contributed by atoms with E-state index in [0.29, 0.717) is 13.0 Å². The lowest BCUT2D eigenvalue weighted by Gasteiger charge is -2.28. The molecule has 100 valence electrons. The highest BCUT2D eigenvalue weighted by molar-refractivity contribution is 5.37. The van der Waals surface area contributed by atoms with Crippen molar-refractivity contribution in [3.8, 4) is 5.75 Å². The Morgan fingerprint density at radius 2 is 2.00 bits per heavy atom. The smallest absolute Gasteiger partial charge is 0.291 e. The highest BCUT2D eigenvalue weighted by Gasteiger charge is 2.43. The summed E-state index contributed by atoms with van der Waals surface area (Å²) in [4.78, 5) is 0. The summed E-state index contributed by atoms with van der Waals surface area (Å²) in [7, 11) is 1.43. The van der Waals surface area contributed by atoms with E-state index in [1.165, 1.54) is 13.2 Å². The van der Waals surface area contributed by atoms with Gasteiger partial charge in [0.1, 0.15) is 5.75 Å². The zero-order valence-electron chi connectivity index (χ0n) is 10.6. The predicted octanol–water partition coefficient (Wildman–Crippen LogP) is 3.32. The molecule has 1 aromatic carbocycles. The topological polar surface area (TPSA) is 21.3 Å². The van der Waals surface area contributed by atoms with Crippen molar-refractivity contribution in [1.82, 2.24) is 5.32 Å². The largest absolute Gasteiger partial charge is 0.496 e. The van der Waals surface area contributed by atoms with E-state index in [4.69, 9.17) is 4.74 Å². The fraction of sp³-hybridized carbons (Fsp3) is 0.571. The minimum absolute atomic E-state index is 0.0214. The molecule has 0 aliphatic carbocycles. The first-order chi connectivity index (χ1) is 8.66. The van der Waals surface area contributed by atoms with Crippen molar-refractivity contribution in [3.63, 3.8) is 0 Å². The van der Waals surface area contributed by atoms with Crippen LogP contribution in [0.1, 0.15) is 31.2 Å². The van der Waals surface area contributed by atoms with Gasteiger partial charge in [-0.25, -0.2) is 0 Å². The van der Waals surface area contributed by atoms with Gasteiger partial charge in [-0.3, -0.25) is 0 Å². The van der Waals surface area contributed by atoms with E-state index in [1.807, 2.05) is 0 Å². The van der Waals surface area contributed by atoms with Crippen LogP contribution in [0.5, 0.6) is 5.75 Å². The number of para-hydroxylation sites is 1. The van der Waals surface area contributed by atoms with E-state index in [2.05, 4.69) is 5.32 Å². The van der Waals surface area contributed by atoms with Crippen molar-refractivity contribution < 1.29 is 13.5 Å². The Balaban J connectivity index is 2.27. The van der Waals surface area contributed by atoms with Gasteiger partial charge in [0.25, 0.3) is 5.92 Å². The third kappa shape index (κ3) is 2.64. The lowest BCUT2D eigenvalue weighted by Crippen LogP contribution is -2.42. The van der Waals surface area contributed by atoms with Crippen LogP contribution in [0, 0.1) is 0 Å². The zero-order chi connectivity index (χ0) is 13.0. The maximum Gasteiger partial charge on any atom is 0.291 e. The molecule has 1 aliphatic heterocycles. The van der Waals surface area contributed by atoms with Crippen molar-refractivity contribution >= 4 is 0 Å². The van der Waals surface area contributed by atoms with Crippen LogP contribution in [0.3, 0.4) is 0 Å². The molecule has 0 bridgehead atoms. The van der Waals surface area contributed by atoms with Gasteiger partial charge in [0.15, 0.2) is 0 Å². The lowest BCUT2D eigenvalue weighted by molar-refractivity contribution is -0.0465. The second-order valence-electron chi connectivity index (χ2n) is 4.68. The third-order valence-corrected chi connectivity index (χ3v) is 3.46. The first-order valence-electron chi connectivity index (χ1n) is 6.41. The van der Waals surface area contributed by atoms with E-state index in [-0.39, 0.29) is 11.3 Å². The van der Waals surface area contributed by atoms with Gasteiger partial charge in [0.2, 0.25) is 0 Å². The van der Waals surface area contributed by atoms with Gasteiger partial charge in [-0.05, 0) is 31.5 Å². The summed E-state index contributed by atoms with van der Waals surface area (Å²) in [5.41, 5.74) is -0.0214. The van der Waals surface area contributed by atoms with E-state index in [9.17, 15) is 8.78 Å². The van der Waals surface area contributed by atoms with Gasteiger partial charge >= 0.3 is 0 Å². The number of methoxy groups -OCH3 is 1. The summed E-state index contributed by atoms with van der Waals surface area (Å²) >= 11 is 0. The monoisotopic (exact) mass is 255 g/mol. The first kappa shape index (κ1) is 13.3. The molecule has 1 N–H and O–H groups in total. The molecule has 1 aliphatic rings. The molecule has 0 spiro atoms. The van der Waals surface area contributed by atoms with Crippen LogP contribution in [0.15, 0.2) is 24.3 Å². The van der Waals surface area contributed by atoms with Crippen molar-refractivity contribution in [2.45, 2.75) is 37.6 Å². The minimum atomic E-state index is -2.89. The highest BCUT2D eigenvalue weighted by Crippen LogP contribution is 2.39.